The van der Waals surface area contributed by atoms with Crippen LogP contribution in [0.2, 0.25) is 0 Å². The zero-order chi connectivity index (χ0) is 10.1. The van der Waals surface area contributed by atoms with Gasteiger partial charge in [-0.05, 0) is 39.7 Å². The summed E-state index contributed by atoms with van der Waals surface area (Å²) in [6, 6.07) is 1.18. The number of rotatable bonds is 2. The lowest BCUT2D eigenvalue weighted by Crippen LogP contribution is -2.45. The molecule has 3 heteroatoms. The van der Waals surface area contributed by atoms with Crippen molar-refractivity contribution in [2.24, 2.45) is 5.92 Å². The van der Waals surface area contributed by atoms with E-state index in [0.29, 0.717) is 12.6 Å². The third-order valence-corrected chi connectivity index (χ3v) is 3.76. The maximum Gasteiger partial charge on any atom is 0.310 e. The average Bonchev–Trinajstić information content (AvgIpc) is 2.42. The van der Waals surface area contributed by atoms with Crippen LogP contribution in [0, 0.1) is 5.92 Å². The van der Waals surface area contributed by atoms with Crippen molar-refractivity contribution in [3.8, 4) is 0 Å². The molecule has 2 fully saturated rings. The molecule has 3 nitrogen and oxygen atoms in total. The van der Waals surface area contributed by atoms with Gasteiger partial charge in [-0.25, -0.2) is 0 Å². The highest BCUT2D eigenvalue weighted by Gasteiger charge is 2.43. The first-order valence-electron chi connectivity index (χ1n) is 5.62. The highest BCUT2D eigenvalue weighted by atomic mass is 16.5. The van der Waals surface area contributed by atoms with Crippen molar-refractivity contribution in [1.29, 1.82) is 0 Å². The van der Waals surface area contributed by atoms with Gasteiger partial charge < -0.3 is 4.74 Å². The standard InChI is InChI=1S/C11H19NO2/c1-3-14-11(13)9-6-4-8-5-7-10(9)12(8)2/h8-10H,3-7H2,1-2H3/t8?,9-,10?/m1/s1. The number of piperidine rings is 1. The van der Waals surface area contributed by atoms with Crippen LogP contribution in [-0.4, -0.2) is 36.6 Å². The molecule has 80 valence electrons. The fourth-order valence-electron chi connectivity index (χ4n) is 2.96. The maximum atomic E-state index is 11.7. The number of carbonyl (C=O) groups excluding carboxylic acids is 1. The smallest absolute Gasteiger partial charge is 0.310 e. The lowest BCUT2D eigenvalue weighted by Gasteiger charge is -2.36. The van der Waals surface area contributed by atoms with E-state index in [4.69, 9.17) is 4.74 Å². The van der Waals surface area contributed by atoms with Gasteiger partial charge in [0.25, 0.3) is 0 Å². The lowest BCUT2D eigenvalue weighted by molar-refractivity contribution is -0.151. The molecule has 0 amide bonds. The van der Waals surface area contributed by atoms with Crippen LogP contribution in [0.3, 0.4) is 0 Å². The molecule has 2 bridgehead atoms. The zero-order valence-electron chi connectivity index (χ0n) is 9.03. The summed E-state index contributed by atoms with van der Waals surface area (Å²) in [4.78, 5) is 14.1. The molecule has 0 spiro atoms. The van der Waals surface area contributed by atoms with E-state index in [2.05, 4.69) is 11.9 Å². The Labute approximate surface area is 85.4 Å². The Morgan fingerprint density at radius 3 is 2.79 bits per heavy atom. The van der Waals surface area contributed by atoms with Crippen LogP contribution in [0.1, 0.15) is 32.6 Å². The van der Waals surface area contributed by atoms with Crippen LogP contribution in [0.25, 0.3) is 0 Å². The van der Waals surface area contributed by atoms with Crippen molar-refractivity contribution in [1.82, 2.24) is 4.90 Å². The Balaban J connectivity index is 2.02. The van der Waals surface area contributed by atoms with E-state index < -0.39 is 0 Å². The fourth-order valence-corrected chi connectivity index (χ4v) is 2.96. The van der Waals surface area contributed by atoms with Crippen LogP contribution in [0.15, 0.2) is 0 Å². The minimum absolute atomic E-state index is 0.0182. The Hall–Kier alpha value is -0.570. The second-order valence-corrected chi connectivity index (χ2v) is 4.40. The highest BCUT2D eigenvalue weighted by Crippen LogP contribution is 2.38. The Kier molecular flexibility index (Phi) is 2.77. The molecule has 0 N–H and O–H groups in total. The summed E-state index contributed by atoms with van der Waals surface area (Å²) in [7, 11) is 2.15. The number of fused-ring (bicyclic) bond motifs is 2. The van der Waals surface area contributed by atoms with E-state index in [1.807, 2.05) is 6.92 Å². The molecule has 14 heavy (non-hydrogen) atoms. The van der Waals surface area contributed by atoms with Crippen LogP contribution >= 0.6 is 0 Å². The molecule has 0 aromatic heterocycles. The number of nitrogens with zero attached hydrogens (tertiary/aromatic N) is 1. The van der Waals surface area contributed by atoms with E-state index in [1.54, 1.807) is 0 Å². The second-order valence-electron chi connectivity index (χ2n) is 4.40. The molecule has 0 aliphatic carbocycles. The molecule has 2 saturated heterocycles. The molecule has 0 aromatic rings. The van der Waals surface area contributed by atoms with Gasteiger partial charge in [-0.1, -0.05) is 0 Å². The van der Waals surface area contributed by atoms with Crippen LogP contribution in [-0.2, 0) is 9.53 Å². The van der Waals surface area contributed by atoms with Gasteiger partial charge in [0.15, 0.2) is 0 Å². The first-order valence-corrected chi connectivity index (χ1v) is 5.62. The number of ether oxygens (including phenoxy) is 1. The Morgan fingerprint density at radius 2 is 2.07 bits per heavy atom. The maximum absolute atomic E-state index is 11.7. The summed E-state index contributed by atoms with van der Waals surface area (Å²) in [6.45, 7) is 2.39. The monoisotopic (exact) mass is 197 g/mol. The molecule has 0 aromatic carbocycles. The topological polar surface area (TPSA) is 29.5 Å². The predicted octanol–water partition coefficient (Wildman–Crippen LogP) is 1.42. The minimum Gasteiger partial charge on any atom is -0.466 e. The van der Waals surface area contributed by atoms with E-state index in [0.717, 1.165) is 18.9 Å². The summed E-state index contributed by atoms with van der Waals surface area (Å²) in [5, 5.41) is 0. The molecule has 2 heterocycles. The van der Waals surface area contributed by atoms with Gasteiger partial charge in [-0.15, -0.1) is 0 Å². The lowest BCUT2D eigenvalue weighted by atomic mass is 9.91. The Morgan fingerprint density at radius 1 is 1.36 bits per heavy atom. The van der Waals surface area contributed by atoms with Crippen molar-refractivity contribution in [3.63, 3.8) is 0 Å². The minimum atomic E-state index is 0.0182. The van der Waals surface area contributed by atoms with Crippen molar-refractivity contribution in [2.75, 3.05) is 13.7 Å². The largest absolute Gasteiger partial charge is 0.466 e. The van der Waals surface area contributed by atoms with Gasteiger partial charge in [-0.3, -0.25) is 9.69 Å². The van der Waals surface area contributed by atoms with Gasteiger partial charge in [-0.2, -0.15) is 0 Å². The number of esters is 1. The molecule has 0 radical (unpaired) electrons. The van der Waals surface area contributed by atoms with Crippen LogP contribution < -0.4 is 0 Å². The highest BCUT2D eigenvalue weighted by molar-refractivity contribution is 5.73. The molecular formula is C11H19NO2. The molecule has 2 rings (SSSR count). The summed E-state index contributed by atoms with van der Waals surface area (Å²) in [5.41, 5.74) is 0. The normalized spacial score (nSPS) is 37.1. The third-order valence-electron chi connectivity index (χ3n) is 3.76. The average molecular weight is 197 g/mol. The Bertz CT molecular complexity index is 229. The van der Waals surface area contributed by atoms with E-state index >= 15 is 0 Å². The summed E-state index contributed by atoms with van der Waals surface area (Å²) in [6.07, 6.45) is 4.62. The van der Waals surface area contributed by atoms with Crippen molar-refractivity contribution in [2.45, 2.75) is 44.7 Å². The van der Waals surface area contributed by atoms with Crippen LogP contribution in [0.4, 0.5) is 0 Å². The molecule has 2 aliphatic heterocycles. The number of carbonyl (C=O) groups is 1. The van der Waals surface area contributed by atoms with Gasteiger partial charge in [0.1, 0.15) is 0 Å². The molecule has 2 aliphatic rings. The zero-order valence-corrected chi connectivity index (χ0v) is 9.03. The van der Waals surface area contributed by atoms with Gasteiger partial charge >= 0.3 is 5.97 Å². The SMILES string of the molecule is CCOC(=O)[C@@H]1CCC2CCC1N2C. The van der Waals surface area contributed by atoms with Gasteiger partial charge in [0, 0.05) is 12.1 Å². The number of hydrogen-bond donors (Lipinski definition) is 0. The van der Waals surface area contributed by atoms with Crippen LogP contribution in [0.5, 0.6) is 0 Å². The molecule has 3 atom stereocenters. The predicted molar refractivity (Wildman–Crippen MR) is 53.9 cm³/mol. The van der Waals surface area contributed by atoms with E-state index in [9.17, 15) is 4.79 Å². The van der Waals surface area contributed by atoms with Crippen molar-refractivity contribution < 1.29 is 9.53 Å². The summed E-state index contributed by atoms with van der Waals surface area (Å²) < 4.78 is 5.11. The first-order chi connectivity index (χ1) is 6.74. The van der Waals surface area contributed by atoms with E-state index in [-0.39, 0.29) is 11.9 Å². The first kappa shape index (κ1) is 9.97. The third kappa shape index (κ3) is 1.54. The van der Waals surface area contributed by atoms with E-state index in [1.165, 1.54) is 12.8 Å². The number of hydrogen-bond acceptors (Lipinski definition) is 3. The van der Waals surface area contributed by atoms with Gasteiger partial charge in [0.05, 0.1) is 12.5 Å². The van der Waals surface area contributed by atoms with Crippen molar-refractivity contribution >= 4 is 5.97 Å². The molecule has 2 unspecified atom stereocenters. The summed E-state index contributed by atoms with van der Waals surface area (Å²) in [5.74, 6) is 0.156. The molecule has 0 saturated carbocycles. The quantitative estimate of drug-likeness (QED) is 0.627. The van der Waals surface area contributed by atoms with Gasteiger partial charge in [0.2, 0.25) is 0 Å². The molecular weight excluding hydrogens is 178 g/mol. The summed E-state index contributed by atoms with van der Waals surface area (Å²) >= 11 is 0. The van der Waals surface area contributed by atoms with Crippen molar-refractivity contribution in [3.05, 3.63) is 0 Å². The fraction of sp³-hybridized carbons (Fsp3) is 0.909. The second kappa shape index (κ2) is 3.89.